The van der Waals surface area contributed by atoms with E-state index >= 15 is 0 Å². The molecule has 0 unspecified atom stereocenters. The molecule has 0 saturated heterocycles. The number of nitrogens with one attached hydrogen (secondary N) is 1. The van der Waals surface area contributed by atoms with Crippen molar-refractivity contribution in [3.05, 3.63) is 35.6 Å². The Hall–Kier alpha value is -1.42. The summed E-state index contributed by atoms with van der Waals surface area (Å²) in [5, 5.41) is 3.15. The molecule has 1 rings (SSSR count). The quantitative estimate of drug-likeness (QED) is 0.581. The van der Waals surface area contributed by atoms with E-state index < -0.39 is 0 Å². The lowest BCUT2D eigenvalue weighted by molar-refractivity contribution is -0.148. The van der Waals surface area contributed by atoms with Crippen molar-refractivity contribution < 1.29 is 13.9 Å². The zero-order chi connectivity index (χ0) is 14.1. The Morgan fingerprint density at radius 1 is 1.26 bits per heavy atom. The lowest BCUT2D eigenvalue weighted by Gasteiger charge is -2.12. The van der Waals surface area contributed by atoms with Crippen molar-refractivity contribution in [1.82, 2.24) is 5.32 Å². The predicted molar refractivity (Wildman–Crippen MR) is 73.1 cm³/mol. The standard InChI is InChI=1S/C15H22FNO2/c1-3-13(4-2)15(18)19-10-9-17-11-12-5-7-14(16)8-6-12/h5-8,13,17H,3-4,9-11H2,1-2H3. The Kier molecular flexibility index (Phi) is 7.11. The van der Waals surface area contributed by atoms with Crippen molar-refractivity contribution in [1.29, 1.82) is 0 Å². The van der Waals surface area contributed by atoms with Gasteiger partial charge in [0.15, 0.2) is 0 Å². The van der Waals surface area contributed by atoms with Crippen LogP contribution in [0.3, 0.4) is 0 Å². The molecule has 19 heavy (non-hydrogen) atoms. The average molecular weight is 267 g/mol. The summed E-state index contributed by atoms with van der Waals surface area (Å²) in [6.07, 6.45) is 1.64. The number of esters is 1. The monoisotopic (exact) mass is 267 g/mol. The Balaban J connectivity index is 2.14. The largest absolute Gasteiger partial charge is 0.464 e. The van der Waals surface area contributed by atoms with E-state index in [0.717, 1.165) is 18.4 Å². The summed E-state index contributed by atoms with van der Waals surface area (Å²) in [5.41, 5.74) is 1.01. The molecule has 1 N–H and O–H groups in total. The van der Waals surface area contributed by atoms with Gasteiger partial charge in [-0.2, -0.15) is 0 Å². The molecule has 1 aromatic rings. The van der Waals surface area contributed by atoms with Gasteiger partial charge >= 0.3 is 5.97 Å². The number of hydrogen-bond acceptors (Lipinski definition) is 3. The fourth-order valence-corrected chi connectivity index (χ4v) is 1.80. The SMILES string of the molecule is CCC(CC)C(=O)OCCNCc1ccc(F)cc1. The Morgan fingerprint density at radius 3 is 2.47 bits per heavy atom. The molecule has 0 atom stereocenters. The van der Waals surface area contributed by atoms with Crippen molar-refractivity contribution in [3.63, 3.8) is 0 Å². The maximum Gasteiger partial charge on any atom is 0.308 e. The van der Waals surface area contributed by atoms with E-state index in [-0.39, 0.29) is 17.7 Å². The van der Waals surface area contributed by atoms with Crippen LogP contribution in [-0.4, -0.2) is 19.1 Å². The van der Waals surface area contributed by atoms with Crippen molar-refractivity contribution in [2.75, 3.05) is 13.2 Å². The van der Waals surface area contributed by atoms with Gasteiger partial charge in [-0.15, -0.1) is 0 Å². The second-order valence-corrected chi connectivity index (χ2v) is 4.48. The van der Waals surface area contributed by atoms with Gasteiger partial charge < -0.3 is 10.1 Å². The number of halogens is 1. The van der Waals surface area contributed by atoms with E-state index in [2.05, 4.69) is 5.32 Å². The summed E-state index contributed by atoms with van der Waals surface area (Å²) in [6, 6.07) is 6.34. The molecule has 0 radical (unpaired) electrons. The molecule has 0 aliphatic carbocycles. The van der Waals surface area contributed by atoms with Crippen molar-refractivity contribution in [2.24, 2.45) is 5.92 Å². The van der Waals surface area contributed by atoms with Crippen LogP contribution in [0.2, 0.25) is 0 Å². The molecular weight excluding hydrogens is 245 g/mol. The number of carbonyl (C=O) groups excluding carboxylic acids is 1. The van der Waals surface area contributed by atoms with E-state index in [1.807, 2.05) is 13.8 Å². The molecule has 3 nitrogen and oxygen atoms in total. The third-order valence-corrected chi connectivity index (χ3v) is 3.08. The maximum atomic E-state index is 12.7. The normalized spacial score (nSPS) is 10.7. The number of benzene rings is 1. The molecule has 0 bridgehead atoms. The van der Waals surface area contributed by atoms with E-state index in [1.54, 1.807) is 12.1 Å². The third kappa shape index (κ3) is 5.83. The molecule has 0 fully saturated rings. The van der Waals surface area contributed by atoms with Gasteiger partial charge in [-0.3, -0.25) is 4.79 Å². The first-order valence-corrected chi connectivity index (χ1v) is 6.79. The first-order valence-electron chi connectivity index (χ1n) is 6.79. The molecule has 0 heterocycles. The first-order chi connectivity index (χ1) is 9.17. The molecule has 0 spiro atoms. The van der Waals surface area contributed by atoms with Gasteiger partial charge in [0.25, 0.3) is 0 Å². The number of hydrogen-bond donors (Lipinski definition) is 1. The molecule has 4 heteroatoms. The van der Waals surface area contributed by atoms with Gasteiger partial charge in [-0.1, -0.05) is 26.0 Å². The van der Waals surface area contributed by atoms with E-state index in [0.29, 0.717) is 19.7 Å². The second kappa shape index (κ2) is 8.64. The molecule has 0 saturated carbocycles. The zero-order valence-electron chi connectivity index (χ0n) is 11.6. The van der Waals surface area contributed by atoms with Crippen LogP contribution in [0.25, 0.3) is 0 Å². The molecule has 0 amide bonds. The van der Waals surface area contributed by atoms with Crippen LogP contribution in [-0.2, 0) is 16.1 Å². The van der Waals surface area contributed by atoms with Crippen LogP contribution in [0.4, 0.5) is 4.39 Å². The topological polar surface area (TPSA) is 38.3 Å². The van der Waals surface area contributed by atoms with Crippen LogP contribution >= 0.6 is 0 Å². The van der Waals surface area contributed by atoms with Gasteiger partial charge in [0.05, 0.1) is 5.92 Å². The van der Waals surface area contributed by atoms with Crippen LogP contribution in [0, 0.1) is 11.7 Å². The highest BCUT2D eigenvalue weighted by Crippen LogP contribution is 2.09. The zero-order valence-corrected chi connectivity index (χ0v) is 11.6. The molecule has 0 aliphatic heterocycles. The van der Waals surface area contributed by atoms with Crippen LogP contribution in [0.5, 0.6) is 0 Å². The number of ether oxygens (including phenoxy) is 1. The summed E-state index contributed by atoms with van der Waals surface area (Å²) < 4.78 is 17.9. The third-order valence-electron chi connectivity index (χ3n) is 3.08. The van der Waals surface area contributed by atoms with Gasteiger partial charge in [0, 0.05) is 13.1 Å². The highest BCUT2D eigenvalue weighted by atomic mass is 19.1. The molecular formula is C15H22FNO2. The lowest BCUT2D eigenvalue weighted by atomic mass is 10.0. The summed E-state index contributed by atoms with van der Waals surface area (Å²) in [7, 11) is 0. The van der Waals surface area contributed by atoms with Crippen molar-refractivity contribution in [3.8, 4) is 0 Å². The lowest BCUT2D eigenvalue weighted by Crippen LogP contribution is -2.24. The second-order valence-electron chi connectivity index (χ2n) is 4.48. The maximum absolute atomic E-state index is 12.7. The first kappa shape index (κ1) is 15.6. The minimum absolute atomic E-state index is 0.0112. The van der Waals surface area contributed by atoms with Crippen molar-refractivity contribution >= 4 is 5.97 Å². The van der Waals surface area contributed by atoms with Gasteiger partial charge in [0.1, 0.15) is 12.4 Å². The average Bonchev–Trinajstić information content (AvgIpc) is 2.42. The summed E-state index contributed by atoms with van der Waals surface area (Å²) in [6.45, 7) is 5.59. The van der Waals surface area contributed by atoms with Crippen molar-refractivity contribution in [2.45, 2.75) is 33.2 Å². The van der Waals surface area contributed by atoms with E-state index in [1.165, 1.54) is 12.1 Å². The fraction of sp³-hybridized carbons (Fsp3) is 0.533. The van der Waals surface area contributed by atoms with Gasteiger partial charge in [-0.05, 0) is 30.5 Å². The molecule has 1 aromatic carbocycles. The highest BCUT2D eigenvalue weighted by molar-refractivity contribution is 5.72. The van der Waals surface area contributed by atoms with Gasteiger partial charge in [0.2, 0.25) is 0 Å². The van der Waals surface area contributed by atoms with E-state index in [9.17, 15) is 9.18 Å². The minimum Gasteiger partial charge on any atom is -0.464 e. The number of rotatable bonds is 8. The summed E-state index contributed by atoms with van der Waals surface area (Å²) >= 11 is 0. The predicted octanol–water partition coefficient (Wildman–Crippen LogP) is 2.89. The Bertz CT molecular complexity index is 374. The van der Waals surface area contributed by atoms with Crippen LogP contribution in [0.1, 0.15) is 32.3 Å². The highest BCUT2D eigenvalue weighted by Gasteiger charge is 2.14. The molecule has 0 aliphatic rings. The smallest absolute Gasteiger partial charge is 0.308 e. The fourth-order valence-electron chi connectivity index (χ4n) is 1.80. The van der Waals surface area contributed by atoms with Crippen LogP contribution < -0.4 is 5.32 Å². The minimum atomic E-state index is -0.233. The summed E-state index contributed by atoms with van der Waals surface area (Å²) in [4.78, 5) is 11.6. The summed E-state index contributed by atoms with van der Waals surface area (Å²) in [5.74, 6) is -0.339. The number of carbonyl (C=O) groups is 1. The Morgan fingerprint density at radius 2 is 1.89 bits per heavy atom. The molecule has 106 valence electrons. The molecule has 0 aromatic heterocycles. The van der Waals surface area contributed by atoms with Gasteiger partial charge in [-0.25, -0.2) is 4.39 Å². The van der Waals surface area contributed by atoms with E-state index in [4.69, 9.17) is 4.74 Å². The van der Waals surface area contributed by atoms with Crippen LogP contribution in [0.15, 0.2) is 24.3 Å². The Labute approximate surface area is 114 Å².